The molecule has 0 amide bonds. The molecule has 1 N–H and O–H groups in total. The average molecular weight is 497 g/mol. The van der Waals surface area contributed by atoms with Gasteiger partial charge in [0.2, 0.25) is 0 Å². The van der Waals surface area contributed by atoms with E-state index < -0.39 is 17.2 Å². The van der Waals surface area contributed by atoms with Crippen molar-refractivity contribution in [1.29, 1.82) is 0 Å². The second kappa shape index (κ2) is 10.5. The summed E-state index contributed by atoms with van der Waals surface area (Å²) in [6, 6.07) is 17.0. The fraction of sp³-hybridized carbons (Fsp3) is 0.296. The second-order valence-corrected chi connectivity index (χ2v) is 8.92. The highest BCUT2D eigenvalue weighted by Crippen LogP contribution is 2.33. The van der Waals surface area contributed by atoms with E-state index in [-0.39, 0.29) is 12.4 Å². The predicted octanol–water partition coefficient (Wildman–Crippen LogP) is 5.07. The molecule has 2 heterocycles. The molecule has 0 saturated heterocycles. The molecule has 0 fully saturated rings. The van der Waals surface area contributed by atoms with Gasteiger partial charge in [-0.3, -0.25) is 4.79 Å². The second-order valence-electron chi connectivity index (χ2n) is 8.92. The van der Waals surface area contributed by atoms with Crippen LogP contribution in [0.2, 0.25) is 0 Å². The highest BCUT2D eigenvalue weighted by molar-refractivity contribution is 5.77. The number of carbonyl (C=O) groups excluding carboxylic acids is 1. The number of methoxy groups -OCH3 is 1. The molecular formula is C27H27F3N4O2. The van der Waals surface area contributed by atoms with Gasteiger partial charge in [-0.2, -0.15) is 18.3 Å². The molecule has 1 atom stereocenters. The average Bonchev–Trinajstić information content (AvgIpc) is 3.31. The van der Waals surface area contributed by atoms with E-state index in [1.54, 1.807) is 16.9 Å². The van der Waals surface area contributed by atoms with Crippen LogP contribution < -0.4 is 5.32 Å². The van der Waals surface area contributed by atoms with Gasteiger partial charge in [-0.1, -0.05) is 49.4 Å². The zero-order valence-corrected chi connectivity index (χ0v) is 20.0. The van der Waals surface area contributed by atoms with Gasteiger partial charge in [-0.25, -0.2) is 9.50 Å². The zero-order chi connectivity index (χ0) is 25.8. The maximum absolute atomic E-state index is 13.0. The number of carbonyl (C=O) groups is 1. The number of fused-ring (bicyclic) bond motifs is 1. The maximum Gasteiger partial charge on any atom is 0.416 e. The van der Waals surface area contributed by atoms with Crippen LogP contribution in [-0.2, 0) is 27.5 Å². The zero-order valence-electron chi connectivity index (χ0n) is 20.0. The van der Waals surface area contributed by atoms with Crippen LogP contribution >= 0.6 is 0 Å². The van der Waals surface area contributed by atoms with E-state index in [0.29, 0.717) is 36.3 Å². The molecule has 0 aliphatic heterocycles. The van der Waals surface area contributed by atoms with Crippen LogP contribution in [0.1, 0.15) is 30.2 Å². The van der Waals surface area contributed by atoms with E-state index in [4.69, 9.17) is 4.74 Å². The minimum absolute atomic E-state index is 0.253. The lowest BCUT2D eigenvalue weighted by atomic mass is 9.80. The SMILES string of the molecule is COC(=O)CCNCC(C)(Cc1ccccc1)c1ccnc2c(-c3ccc(C(F)(F)F)cc3)cnn12. The molecule has 2 aromatic carbocycles. The van der Waals surface area contributed by atoms with Gasteiger partial charge in [0.1, 0.15) is 0 Å². The molecule has 0 aliphatic rings. The number of rotatable bonds is 9. The molecule has 188 valence electrons. The van der Waals surface area contributed by atoms with Gasteiger partial charge in [-0.05, 0) is 35.7 Å². The molecule has 6 nitrogen and oxygen atoms in total. The Hall–Kier alpha value is -3.72. The highest BCUT2D eigenvalue weighted by Gasteiger charge is 2.32. The maximum atomic E-state index is 13.0. The van der Waals surface area contributed by atoms with E-state index in [1.165, 1.54) is 19.2 Å². The summed E-state index contributed by atoms with van der Waals surface area (Å²) in [5.41, 5.74) is 2.68. The number of esters is 1. The van der Waals surface area contributed by atoms with Crippen molar-refractivity contribution in [3.05, 3.63) is 89.9 Å². The number of nitrogens with one attached hydrogen (secondary N) is 1. The molecule has 0 bridgehead atoms. The first-order valence-electron chi connectivity index (χ1n) is 11.5. The van der Waals surface area contributed by atoms with Crippen LogP contribution in [0.25, 0.3) is 16.8 Å². The minimum Gasteiger partial charge on any atom is -0.469 e. The number of halogens is 3. The number of aromatic nitrogens is 3. The molecule has 1 unspecified atom stereocenters. The third kappa shape index (κ3) is 5.57. The molecule has 0 radical (unpaired) electrons. The third-order valence-corrected chi connectivity index (χ3v) is 6.23. The van der Waals surface area contributed by atoms with Crippen LogP contribution in [0.5, 0.6) is 0 Å². The van der Waals surface area contributed by atoms with E-state index in [2.05, 4.69) is 34.5 Å². The monoisotopic (exact) mass is 496 g/mol. The van der Waals surface area contributed by atoms with Crippen molar-refractivity contribution in [2.45, 2.75) is 31.4 Å². The number of nitrogens with zero attached hydrogens (tertiary/aromatic N) is 3. The normalized spacial score (nSPS) is 13.5. The van der Waals surface area contributed by atoms with Crippen LogP contribution in [0.15, 0.2) is 73.1 Å². The fourth-order valence-electron chi connectivity index (χ4n) is 4.34. The first-order chi connectivity index (χ1) is 17.2. The van der Waals surface area contributed by atoms with Crippen LogP contribution in [-0.4, -0.2) is 40.8 Å². The summed E-state index contributed by atoms with van der Waals surface area (Å²) in [6.45, 7) is 3.12. The van der Waals surface area contributed by atoms with Gasteiger partial charge in [0.25, 0.3) is 0 Å². The Kier molecular flexibility index (Phi) is 7.40. The molecule has 0 spiro atoms. The van der Waals surface area contributed by atoms with Gasteiger partial charge in [0, 0.05) is 30.3 Å². The molecule has 4 rings (SSSR count). The smallest absolute Gasteiger partial charge is 0.416 e. The van der Waals surface area contributed by atoms with E-state index in [0.717, 1.165) is 23.4 Å². The fourth-order valence-corrected chi connectivity index (χ4v) is 4.34. The Morgan fingerprint density at radius 1 is 1.06 bits per heavy atom. The van der Waals surface area contributed by atoms with Crippen LogP contribution in [0, 0.1) is 0 Å². The summed E-state index contributed by atoms with van der Waals surface area (Å²) >= 11 is 0. The number of ether oxygens (including phenoxy) is 1. The first-order valence-corrected chi connectivity index (χ1v) is 11.5. The third-order valence-electron chi connectivity index (χ3n) is 6.23. The number of hydrogen-bond acceptors (Lipinski definition) is 5. The summed E-state index contributed by atoms with van der Waals surface area (Å²) in [7, 11) is 1.36. The van der Waals surface area contributed by atoms with Gasteiger partial charge < -0.3 is 10.1 Å². The summed E-state index contributed by atoms with van der Waals surface area (Å²) in [5, 5.41) is 7.94. The first kappa shape index (κ1) is 25.4. The minimum atomic E-state index is -4.40. The lowest BCUT2D eigenvalue weighted by molar-refractivity contribution is -0.140. The Morgan fingerprint density at radius 3 is 2.44 bits per heavy atom. The van der Waals surface area contributed by atoms with Crippen molar-refractivity contribution in [2.75, 3.05) is 20.2 Å². The largest absolute Gasteiger partial charge is 0.469 e. The van der Waals surface area contributed by atoms with E-state index in [9.17, 15) is 18.0 Å². The Balaban J connectivity index is 1.69. The number of alkyl halides is 3. The van der Waals surface area contributed by atoms with E-state index in [1.807, 2.05) is 24.3 Å². The molecular weight excluding hydrogens is 469 g/mol. The summed E-state index contributed by atoms with van der Waals surface area (Å²) < 4.78 is 45.5. The van der Waals surface area contributed by atoms with Crippen molar-refractivity contribution < 1.29 is 22.7 Å². The van der Waals surface area contributed by atoms with Crippen molar-refractivity contribution >= 4 is 11.6 Å². The van der Waals surface area contributed by atoms with Gasteiger partial charge >= 0.3 is 12.1 Å². The highest BCUT2D eigenvalue weighted by atomic mass is 19.4. The Labute approximate surface area is 207 Å². The lowest BCUT2D eigenvalue weighted by Crippen LogP contribution is -2.40. The van der Waals surface area contributed by atoms with Gasteiger partial charge in [-0.15, -0.1) is 0 Å². The topological polar surface area (TPSA) is 68.5 Å². The van der Waals surface area contributed by atoms with Crippen molar-refractivity contribution in [2.24, 2.45) is 0 Å². The molecule has 36 heavy (non-hydrogen) atoms. The number of benzene rings is 2. The van der Waals surface area contributed by atoms with Crippen molar-refractivity contribution in [3.63, 3.8) is 0 Å². The summed E-state index contributed by atoms with van der Waals surface area (Å²) in [6.07, 6.45) is -0.137. The van der Waals surface area contributed by atoms with Crippen molar-refractivity contribution in [1.82, 2.24) is 19.9 Å². The molecule has 2 aromatic heterocycles. The quantitative estimate of drug-likeness (QED) is 0.259. The standard InChI is InChI=1S/C27H27F3N4O2/c1-26(16-19-6-4-3-5-7-19,18-31-14-13-24(35)36-2)23-12-15-32-25-22(17-33-34(23)25)20-8-10-21(11-9-20)27(28,29)30/h3-12,15,17,31H,13-14,16,18H2,1-2H3. The Bertz CT molecular complexity index is 1320. The van der Waals surface area contributed by atoms with Crippen LogP contribution in [0.4, 0.5) is 13.2 Å². The van der Waals surface area contributed by atoms with Crippen molar-refractivity contribution in [3.8, 4) is 11.1 Å². The molecule has 9 heteroatoms. The van der Waals surface area contributed by atoms with Gasteiger partial charge in [0.05, 0.1) is 31.0 Å². The molecule has 0 saturated carbocycles. The molecule has 0 aliphatic carbocycles. The lowest BCUT2D eigenvalue weighted by Gasteiger charge is -2.31. The molecule has 4 aromatic rings. The summed E-state index contributed by atoms with van der Waals surface area (Å²) in [4.78, 5) is 16.0. The summed E-state index contributed by atoms with van der Waals surface area (Å²) in [5.74, 6) is -0.285. The van der Waals surface area contributed by atoms with Crippen LogP contribution in [0.3, 0.4) is 0 Å². The van der Waals surface area contributed by atoms with Gasteiger partial charge in [0.15, 0.2) is 5.65 Å². The predicted molar refractivity (Wildman–Crippen MR) is 130 cm³/mol. The van der Waals surface area contributed by atoms with E-state index >= 15 is 0 Å². The number of hydrogen-bond donors (Lipinski definition) is 1. The Morgan fingerprint density at radius 2 is 1.78 bits per heavy atom.